The summed E-state index contributed by atoms with van der Waals surface area (Å²) in [5.74, 6) is 3.27. The van der Waals surface area contributed by atoms with Gasteiger partial charge in [-0.3, -0.25) is 0 Å². The fraction of sp³-hybridized carbons (Fsp3) is 1.00. The summed E-state index contributed by atoms with van der Waals surface area (Å²) >= 11 is 0. The predicted octanol–water partition coefficient (Wildman–Crippen LogP) is 2.13. The van der Waals surface area contributed by atoms with Crippen LogP contribution in [0.2, 0.25) is 0 Å². The number of hydrogen-bond donors (Lipinski definition) is 0. The van der Waals surface area contributed by atoms with E-state index in [-0.39, 0.29) is 0 Å². The fourth-order valence-corrected chi connectivity index (χ4v) is 4.01. The molecule has 1 nitrogen and oxygen atoms in total. The standard InChI is InChI=1S/C11H19N/c1-12-7-9-4-8-2-3-10(5-8)11(12)6-9/h8-11H,2-7H2,1H3. The molecule has 0 amide bonds. The lowest BCUT2D eigenvalue weighted by Gasteiger charge is -2.25. The highest BCUT2D eigenvalue weighted by Crippen LogP contribution is 2.47. The number of nitrogens with zero attached hydrogens (tertiary/aromatic N) is 1. The molecule has 1 saturated heterocycles. The number of rotatable bonds is 0. The summed E-state index contributed by atoms with van der Waals surface area (Å²) in [6.07, 6.45) is 7.72. The first kappa shape index (κ1) is 7.37. The van der Waals surface area contributed by atoms with E-state index in [1.165, 1.54) is 19.4 Å². The van der Waals surface area contributed by atoms with E-state index in [0.717, 1.165) is 23.8 Å². The highest BCUT2D eigenvalue weighted by molar-refractivity contribution is 4.96. The molecule has 68 valence electrons. The zero-order valence-electron chi connectivity index (χ0n) is 8.00. The topological polar surface area (TPSA) is 3.24 Å². The quantitative estimate of drug-likeness (QED) is 0.531. The predicted molar refractivity (Wildman–Crippen MR) is 50.0 cm³/mol. The van der Waals surface area contributed by atoms with Gasteiger partial charge >= 0.3 is 0 Å². The maximum absolute atomic E-state index is 2.64. The van der Waals surface area contributed by atoms with Crippen molar-refractivity contribution in [3.05, 3.63) is 0 Å². The second-order valence-corrected chi connectivity index (χ2v) is 5.28. The average Bonchev–Trinajstić information content (AvgIpc) is 2.50. The molecule has 3 fully saturated rings. The molecule has 2 saturated carbocycles. The Morgan fingerprint density at radius 1 is 1.00 bits per heavy atom. The minimum absolute atomic E-state index is 0.975. The second-order valence-electron chi connectivity index (χ2n) is 5.28. The van der Waals surface area contributed by atoms with Crippen LogP contribution in [0.4, 0.5) is 0 Å². The molecule has 2 aliphatic carbocycles. The molecule has 0 N–H and O–H groups in total. The smallest absolute Gasteiger partial charge is 0.0124 e. The highest BCUT2D eigenvalue weighted by atomic mass is 15.2. The summed E-state index contributed by atoms with van der Waals surface area (Å²) < 4.78 is 0. The van der Waals surface area contributed by atoms with Gasteiger partial charge in [-0.15, -0.1) is 0 Å². The van der Waals surface area contributed by atoms with Crippen molar-refractivity contribution >= 4 is 0 Å². The molecule has 0 spiro atoms. The van der Waals surface area contributed by atoms with Gasteiger partial charge in [0.1, 0.15) is 0 Å². The van der Waals surface area contributed by atoms with Crippen molar-refractivity contribution in [3.8, 4) is 0 Å². The van der Waals surface area contributed by atoms with Gasteiger partial charge < -0.3 is 4.90 Å². The van der Waals surface area contributed by atoms with E-state index in [4.69, 9.17) is 0 Å². The van der Waals surface area contributed by atoms with Gasteiger partial charge in [0.2, 0.25) is 0 Å². The van der Waals surface area contributed by atoms with Gasteiger partial charge in [0.25, 0.3) is 0 Å². The SMILES string of the molecule is CN1CC2CC3CCC(C3)C1C2. The lowest BCUT2D eigenvalue weighted by atomic mass is 9.92. The Labute approximate surface area is 75.1 Å². The van der Waals surface area contributed by atoms with Crippen molar-refractivity contribution in [3.63, 3.8) is 0 Å². The molecular formula is C11H19N. The molecule has 1 aliphatic heterocycles. The third-order valence-corrected chi connectivity index (χ3v) is 4.48. The Kier molecular flexibility index (Phi) is 1.52. The molecular weight excluding hydrogens is 146 g/mol. The maximum Gasteiger partial charge on any atom is 0.0124 e. The molecule has 3 aliphatic rings. The lowest BCUT2D eigenvalue weighted by molar-refractivity contribution is 0.219. The van der Waals surface area contributed by atoms with Crippen LogP contribution in [0, 0.1) is 17.8 Å². The number of hydrogen-bond acceptors (Lipinski definition) is 1. The maximum atomic E-state index is 2.64. The number of fused-ring (bicyclic) bond motifs is 5. The van der Waals surface area contributed by atoms with Gasteiger partial charge in [-0.25, -0.2) is 0 Å². The van der Waals surface area contributed by atoms with Crippen molar-refractivity contribution in [1.29, 1.82) is 0 Å². The Bertz CT molecular complexity index is 187. The molecule has 0 aromatic rings. The van der Waals surface area contributed by atoms with E-state index >= 15 is 0 Å². The van der Waals surface area contributed by atoms with Gasteiger partial charge in [0, 0.05) is 12.6 Å². The molecule has 3 rings (SSSR count). The van der Waals surface area contributed by atoms with Crippen molar-refractivity contribution in [2.45, 2.75) is 38.1 Å². The zero-order chi connectivity index (χ0) is 8.13. The Balaban J connectivity index is 1.87. The minimum Gasteiger partial charge on any atom is -0.303 e. The van der Waals surface area contributed by atoms with Crippen LogP contribution in [0.3, 0.4) is 0 Å². The summed E-state index contributed by atoms with van der Waals surface area (Å²) in [5, 5.41) is 0. The Morgan fingerprint density at radius 3 is 2.83 bits per heavy atom. The second kappa shape index (κ2) is 2.47. The van der Waals surface area contributed by atoms with Crippen molar-refractivity contribution < 1.29 is 0 Å². The first-order valence-corrected chi connectivity index (χ1v) is 5.53. The van der Waals surface area contributed by atoms with Gasteiger partial charge in [-0.2, -0.15) is 0 Å². The van der Waals surface area contributed by atoms with E-state index < -0.39 is 0 Å². The van der Waals surface area contributed by atoms with E-state index in [0.29, 0.717) is 0 Å². The van der Waals surface area contributed by atoms with Crippen molar-refractivity contribution in [2.24, 2.45) is 17.8 Å². The van der Waals surface area contributed by atoms with Crippen LogP contribution in [0.25, 0.3) is 0 Å². The monoisotopic (exact) mass is 165 g/mol. The summed E-state index contributed by atoms with van der Waals surface area (Å²) in [6.45, 7) is 1.40. The molecule has 4 unspecified atom stereocenters. The minimum atomic E-state index is 0.975. The largest absolute Gasteiger partial charge is 0.303 e. The van der Waals surface area contributed by atoms with Gasteiger partial charge in [0.05, 0.1) is 0 Å². The van der Waals surface area contributed by atoms with Gasteiger partial charge in [-0.1, -0.05) is 6.42 Å². The molecule has 1 heterocycles. The van der Waals surface area contributed by atoms with Crippen molar-refractivity contribution in [2.75, 3.05) is 13.6 Å². The molecule has 12 heavy (non-hydrogen) atoms. The molecule has 0 aromatic carbocycles. The highest BCUT2D eigenvalue weighted by Gasteiger charge is 2.43. The van der Waals surface area contributed by atoms with Gasteiger partial charge in [-0.05, 0) is 50.5 Å². The van der Waals surface area contributed by atoms with Crippen LogP contribution in [-0.2, 0) is 0 Å². The van der Waals surface area contributed by atoms with Crippen LogP contribution in [-0.4, -0.2) is 24.5 Å². The van der Waals surface area contributed by atoms with E-state index in [1.54, 1.807) is 19.3 Å². The van der Waals surface area contributed by atoms with E-state index in [9.17, 15) is 0 Å². The zero-order valence-corrected chi connectivity index (χ0v) is 8.00. The van der Waals surface area contributed by atoms with Crippen LogP contribution < -0.4 is 0 Å². The van der Waals surface area contributed by atoms with Crippen molar-refractivity contribution in [1.82, 2.24) is 4.90 Å². The summed E-state index contributed by atoms with van der Waals surface area (Å²) in [6, 6.07) is 0.975. The summed E-state index contributed by atoms with van der Waals surface area (Å²) in [5.41, 5.74) is 0. The summed E-state index contributed by atoms with van der Waals surface area (Å²) in [4.78, 5) is 2.64. The molecule has 0 aromatic heterocycles. The summed E-state index contributed by atoms with van der Waals surface area (Å²) in [7, 11) is 2.34. The third-order valence-electron chi connectivity index (χ3n) is 4.48. The van der Waals surface area contributed by atoms with Crippen LogP contribution in [0.1, 0.15) is 32.1 Å². The average molecular weight is 165 g/mol. The van der Waals surface area contributed by atoms with Crippen LogP contribution >= 0.6 is 0 Å². The molecule has 0 radical (unpaired) electrons. The van der Waals surface area contributed by atoms with Crippen LogP contribution in [0.15, 0.2) is 0 Å². The first-order chi connectivity index (χ1) is 5.83. The van der Waals surface area contributed by atoms with E-state index in [2.05, 4.69) is 11.9 Å². The molecule has 1 heteroatoms. The Hall–Kier alpha value is -0.0400. The molecule has 4 atom stereocenters. The lowest BCUT2D eigenvalue weighted by Crippen LogP contribution is -2.31. The molecule has 4 bridgehead atoms. The van der Waals surface area contributed by atoms with E-state index in [1.807, 2.05) is 0 Å². The first-order valence-electron chi connectivity index (χ1n) is 5.53. The third kappa shape index (κ3) is 0.953. The number of likely N-dealkylation sites (tertiary alicyclic amines) is 1. The fourth-order valence-electron chi connectivity index (χ4n) is 4.01. The normalized spacial score (nSPS) is 52.8. The Morgan fingerprint density at radius 2 is 1.92 bits per heavy atom. The van der Waals surface area contributed by atoms with Crippen LogP contribution in [0.5, 0.6) is 0 Å². The van der Waals surface area contributed by atoms with Gasteiger partial charge in [0.15, 0.2) is 0 Å².